The number of hydrazone groups is 1. The van der Waals surface area contributed by atoms with Crippen molar-refractivity contribution in [1.29, 1.82) is 0 Å². The van der Waals surface area contributed by atoms with Crippen molar-refractivity contribution in [3.05, 3.63) is 76.5 Å². The lowest BCUT2D eigenvalue weighted by molar-refractivity contribution is -0.123. The van der Waals surface area contributed by atoms with Gasteiger partial charge in [0.25, 0.3) is 5.91 Å². The number of hydrogen-bond donors (Lipinski definition) is 1. The van der Waals surface area contributed by atoms with Crippen molar-refractivity contribution >= 4 is 23.7 Å². The molecule has 1 aromatic heterocycles. The van der Waals surface area contributed by atoms with Crippen molar-refractivity contribution < 1.29 is 13.9 Å². The van der Waals surface area contributed by atoms with Gasteiger partial charge in [-0.15, -0.1) is 0 Å². The molecule has 1 amide bonds. The lowest BCUT2D eigenvalue weighted by Gasteiger charge is -2.07. The molecule has 0 fully saturated rings. The maximum Gasteiger partial charge on any atom is 0.277 e. The summed E-state index contributed by atoms with van der Waals surface area (Å²) in [5, 5.41) is 4.55. The van der Waals surface area contributed by atoms with E-state index in [0.29, 0.717) is 22.3 Å². The van der Waals surface area contributed by atoms with Gasteiger partial charge in [0.15, 0.2) is 6.61 Å². The first-order valence-electron chi connectivity index (χ1n) is 8.39. The van der Waals surface area contributed by atoms with Crippen LogP contribution >= 0.6 is 11.6 Å². The fourth-order valence-electron chi connectivity index (χ4n) is 2.34. The molecule has 0 radical (unpaired) electrons. The van der Waals surface area contributed by atoms with E-state index in [0.717, 1.165) is 11.1 Å². The minimum atomic E-state index is -0.353. The maximum atomic E-state index is 11.8. The Bertz CT molecular complexity index is 962. The lowest BCUT2D eigenvalue weighted by atomic mass is 10.1. The molecule has 0 saturated carbocycles. The van der Waals surface area contributed by atoms with E-state index in [2.05, 4.69) is 10.5 Å². The molecule has 3 aromatic rings. The number of rotatable bonds is 6. The van der Waals surface area contributed by atoms with Gasteiger partial charge in [-0.05, 0) is 73.5 Å². The van der Waals surface area contributed by atoms with Crippen LogP contribution in [0, 0.1) is 13.8 Å². The minimum absolute atomic E-state index is 0.117. The quantitative estimate of drug-likeness (QED) is 0.494. The summed E-state index contributed by atoms with van der Waals surface area (Å²) in [4.78, 5) is 11.8. The van der Waals surface area contributed by atoms with E-state index in [9.17, 15) is 4.79 Å². The molecule has 0 aliphatic carbocycles. The van der Waals surface area contributed by atoms with Gasteiger partial charge in [0, 0.05) is 10.6 Å². The van der Waals surface area contributed by atoms with Gasteiger partial charge in [-0.25, -0.2) is 5.43 Å². The molecule has 0 aliphatic heterocycles. The van der Waals surface area contributed by atoms with Crippen LogP contribution < -0.4 is 10.2 Å². The molecule has 0 bridgehead atoms. The zero-order valence-electron chi connectivity index (χ0n) is 15.0. The van der Waals surface area contributed by atoms with Crippen LogP contribution in [-0.4, -0.2) is 18.7 Å². The normalized spacial score (nSPS) is 10.9. The number of ether oxygens (including phenoxy) is 1. The number of amides is 1. The first-order valence-corrected chi connectivity index (χ1v) is 8.77. The minimum Gasteiger partial charge on any atom is -0.484 e. The van der Waals surface area contributed by atoms with E-state index in [1.54, 1.807) is 18.2 Å². The van der Waals surface area contributed by atoms with Crippen LogP contribution in [0.25, 0.3) is 11.3 Å². The number of furan rings is 1. The molecule has 0 atom stereocenters. The van der Waals surface area contributed by atoms with Crippen molar-refractivity contribution in [2.24, 2.45) is 5.10 Å². The molecule has 1 N–H and O–H groups in total. The van der Waals surface area contributed by atoms with Crippen LogP contribution in [0.3, 0.4) is 0 Å². The average molecular weight is 383 g/mol. The number of halogens is 1. The Hall–Kier alpha value is -3.05. The highest BCUT2D eigenvalue weighted by molar-refractivity contribution is 6.30. The van der Waals surface area contributed by atoms with Crippen LogP contribution in [0.4, 0.5) is 0 Å². The summed E-state index contributed by atoms with van der Waals surface area (Å²) < 4.78 is 11.1. The third-order valence-corrected chi connectivity index (χ3v) is 4.24. The predicted molar refractivity (Wildman–Crippen MR) is 106 cm³/mol. The smallest absolute Gasteiger partial charge is 0.277 e. The van der Waals surface area contributed by atoms with Crippen molar-refractivity contribution in [2.75, 3.05) is 6.61 Å². The highest BCUT2D eigenvalue weighted by Crippen LogP contribution is 2.23. The van der Waals surface area contributed by atoms with E-state index in [-0.39, 0.29) is 12.5 Å². The van der Waals surface area contributed by atoms with E-state index in [4.69, 9.17) is 20.8 Å². The SMILES string of the molecule is Cc1ccc(OCC(=O)NN=Cc2ccc(-c3ccc(Cl)cc3)o2)cc1C. The topological polar surface area (TPSA) is 63.8 Å². The summed E-state index contributed by atoms with van der Waals surface area (Å²) in [5.41, 5.74) is 5.60. The second-order valence-corrected chi connectivity index (χ2v) is 6.47. The second-order valence-electron chi connectivity index (χ2n) is 6.04. The number of nitrogens with zero attached hydrogens (tertiary/aromatic N) is 1. The summed E-state index contributed by atoms with van der Waals surface area (Å²) in [5.74, 6) is 1.51. The largest absolute Gasteiger partial charge is 0.484 e. The highest BCUT2D eigenvalue weighted by Gasteiger charge is 2.05. The van der Waals surface area contributed by atoms with Crippen LogP contribution in [0.1, 0.15) is 16.9 Å². The summed E-state index contributed by atoms with van der Waals surface area (Å²) in [6, 6.07) is 16.6. The zero-order valence-corrected chi connectivity index (χ0v) is 15.8. The van der Waals surface area contributed by atoms with Gasteiger partial charge < -0.3 is 9.15 Å². The third-order valence-electron chi connectivity index (χ3n) is 3.98. The molecule has 1 heterocycles. The van der Waals surface area contributed by atoms with Gasteiger partial charge in [-0.2, -0.15) is 5.10 Å². The first-order chi connectivity index (χ1) is 13.0. The van der Waals surface area contributed by atoms with Crippen LogP contribution in [-0.2, 0) is 4.79 Å². The van der Waals surface area contributed by atoms with Gasteiger partial charge in [0.2, 0.25) is 0 Å². The summed E-state index contributed by atoms with van der Waals surface area (Å²) in [7, 11) is 0. The second kappa shape index (κ2) is 8.56. The number of hydrogen-bond acceptors (Lipinski definition) is 4. The monoisotopic (exact) mass is 382 g/mol. The van der Waals surface area contributed by atoms with Gasteiger partial charge in [-0.3, -0.25) is 4.79 Å². The highest BCUT2D eigenvalue weighted by atomic mass is 35.5. The molecule has 0 unspecified atom stereocenters. The Morgan fingerprint density at radius 2 is 1.89 bits per heavy atom. The predicted octanol–water partition coefficient (Wildman–Crippen LogP) is 4.75. The van der Waals surface area contributed by atoms with Crippen molar-refractivity contribution in [2.45, 2.75) is 13.8 Å². The van der Waals surface area contributed by atoms with Crippen LogP contribution in [0.15, 0.2) is 64.1 Å². The summed E-state index contributed by atoms with van der Waals surface area (Å²) >= 11 is 5.88. The molecule has 5 nitrogen and oxygen atoms in total. The maximum absolute atomic E-state index is 11.8. The molecule has 0 aliphatic rings. The average Bonchev–Trinajstić information content (AvgIpc) is 3.12. The van der Waals surface area contributed by atoms with Gasteiger partial charge >= 0.3 is 0 Å². The lowest BCUT2D eigenvalue weighted by Crippen LogP contribution is -2.24. The van der Waals surface area contributed by atoms with E-state index in [1.165, 1.54) is 11.8 Å². The number of aryl methyl sites for hydroxylation is 2. The van der Waals surface area contributed by atoms with E-state index in [1.807, 2.05) is 50.2 Å². The molecule has 0 spiro atoms. The molecular weight excluding hydrogens is 364 g/mol. The zero-order chi connectivity index (χ0) is 19.2. The van der Waals surface area contributed by atoms with Crippen LogP contribution in [0.5, 0.6) is 5.75 Å². The third kappa shape index (κ3) is 5.21. The molecule has 2 aromatic carbocycles. The fourth-order valence-corrected chi connectivity index (χ4v) is 2.47. The van der Waals surface area contributed by atoms with Crippen LogP contribution in [0.2, 0.25) is 5.02 Å². The number of benzene rings is 2. The Labute approximate surface area is 162 Å². The Morgan fingerprint density at radius 3 is 2.63 bits per heavy atom. The number of carbonyl (C=O) groups is 1. The number of carbonyl (C=O) groups excluding carboxylic acids is 1. The Morgan fingerprint density at radius 1 is 1.11 bits per heavy atom. The number of nitrogens with one attached hydrogen (secondary N) is 1. The molecule has 6 heteroatoms. The van der Waals surface area contributed by atoms with Crippen molar-refractivity contribution in [1.82, 2.24) is 5.43 Å². The summed E-state index contributed by atoms with van der Waals surface area (Å²) in [6.45, 7) is 3.90. The fraction of sp³-hybridized carbons (Fsp3) is 0.143. The van der Waals surface area contributed by atoms with Crippen molar-refractivity contribution in [3.8, 4) is 17.1 Å². The molecule has 0 saturated heterocycles. The van der Waals surface area contributed by atoms with Gasteiger partial charge in [0.05, 0.1) is 6.21 Å². The van der Waals surface area contributed by atoms with Gasteiger partial charge in [0.1, 0.15) is 17.3 Å². The standard InChI is InChI=1S/C21H19ClN2O3/c1-14-3-8-18(11-15(14)2)26-13-21(25)24-23-12-19-9-10-20(27-19)16-4-6-17(22)7-5-16/h3-12H,13H2,1-2H3,(H,24,25). The molecule has 27 heavy (non-hydrogen) atoms. The van der Waals surface area contributed by atoms with Crippen molar-refractivity contribution in [3.63, 3.8) is 0 Å². The van der Waals surface area contributed by atoms with E-state index < -0.39 is 0 Å². The molecule has 3 rings (SSSR count). The molecule has 138 valence electrons. The van der Waals surface area contributed by atoms with Gasteiger partial charge in [-0.1, -0.05) is 17.7 Å². The van der Waals surface area contributed by atoms with E-state index >= 15 is 0 Å². The Balaban J connectivity index is 1.50. The summed E-state index contributed by atoms with van der Waals surface area (Å²) in [6.07, 6.45) is 1.44. The Kier molecular flexibility index (Phi) is 5.94. The molecular formula is C21H19ClN2O3. The first kappa shape index (κ1) is 18.7.